The van der Waals surface area contributed by atoms with E-state index in [2.05, 4.69) is 30.0 Å². The minimum atomic E-state index is -0.750. The van der Waals surface area contributed by atoms with Crippen molar-refractivity contribution >= 4 is 102 Å². The van der Waals surface area contributed by atoms with Gasteiger partial charge in [0.2, 0.25) is 11.8 Å². The predicted molar refractivity (Wildman–Crippen MR) is 278 cm³/mol. The van der Waals surface area contributed by atoms with Gasteiger partial charge in [-0.1, -0.05) is 24.3 Å². The third kappa shape index (κ3) is 15.5. The number of piperidine rings is 2. The van der Waals surface area contributed by atoms with E-state index in [1.54, 1.807) is 30.9 Å². The number of aromatic nitrogens is 4. The largest absolute Gasteiger partial charge is 0.472 e. The first kappa shape index (κ1) is 59.7. The summed E-state index contributed by atoms with van der Waals surface area (Å²) in [6.07, 6.45) is 2.34. The molecule has 0 spiro atoms. The number of aryl methyl sites for hydroxylation is 2. The number of hydrogen-bond acceptors (Lipinski definition) is 19. The van der Waals surface area contributed by atoms with E-state index in [1.165, 1.54) is 41.4 Å². The number of hydrogen-bond donors (Lipinski definition) is 1. The molecule has 10 rings (SSSR count). The van der Waals surface area contributed by atoms with Gasteiger partial charge in [0, 0.05) is 94.5 Å². The van der Waals surface area contributed by atoms with E-state index >= 15 is 0 Å². The van der Waals surface area contributed by atoms with Crippen molar-refractivity contribution in [3.8, 4) is 34.0 Å². The Balaban J connectivity index is 0.000000222. The molecule has 4 fully saturated rings. The number of carbonyl (C=O) groups excluding carboxylic acids is 2. The third-order valence-electron chi connectivity index (χ3n) is 11.8. The molecule has 18 nitrogen and oxygen atoms in total. The smallest absolute Gasteiger partial charge is 0.410 e. The maximum atomic E-state index is 14.6. The van der Waals surface area contributed by atoms with Crippen LogP contribution in [0.4, 0.5) is 18.4 Å². The lowest BCUT2D eigenvalue weighted by Crippen LogP contribution is -2.58. The Bertz CT molecular complexity index is 2880. The van der Waals surface area contributed by atoms with Crippen molar-refractivity contribution in [2.24, 2.45) is 23.7 Å². The Hall–Kier alpha value is -5.18. The lowest BCUT2D eigenvalue weighted by molar-refractivity contribution is -0.110. The van der Waals surface area contributed by atoms with Gasteiger partial charge in [0.05, 0.1) is 49.7 Å². The fraction of sp³-hybridized carbons (Fsp3) is 0.458. The normalized spacial score (nSPS) is 20.3. The molecule has 4 aliphatic heterocycles. The highest BCUT2D eigenvalue weighted by Crippen LogP contribution is 2.41. The van der Waals surface area contributed by atoms with Crippen LogP contribution < -0.4 is 14.8 Å². The van der Waals surface area contributed by atoms with Gasteiger partial charge < -0.3 is 38.6 Å². The van der Waals surface area contributed by atoms with Gasteiger partial charge in [0.15, 0.2) is 0 Å². The molecule has 74 heavy (non-hydrogen) atoms. The summed E-state index contributed by atoms with van der Waals surface area (Å²) in [4.78, 5) is 41.6. The molecule has 400 valence electrons. The van der Waals surface area contributed by atoms with Crippen molar-refractivity contribution in [1.29, 1.82) is 0 Å². The number of carbonyl (C=O) groups is 2. The van der Waals surface area contributed by atoms with Crippen LogP contribution in [0.1, 0.15) is 38.8 Å². The number of ether oxygens (including phenoxy) is 6. The summed E-state index contributed by atoms with van der Waals surface area (Å²) in [6, 6.07) is 10.5. The highest BCUT2D eigenvalue weighted by atomic mass is 35.5. The zero-order chi connectivity index (χ0) is 52.8. The average Bonchev–Trinajstić information content (AvgIpc) is 3.95. The Labute approximate surface area is 451 Å². The number of rotatable bonds is 8. The summed E-state index contributed by atoms with van der Waals surface area (Å²) in [6.45, 7) is 16.1. The van der Waals surface area contributed by atoms with Crippen molar-refractivity contribution in [3.05, 3.63) is 82.6 Å². The number of halogens is 4. The van der Waals surface area contributed by atoms with Crippen molar-refractivity contribution in [3.63, 3.8) is 0 Å². The fourth-order valence-electron chi connectivity index (χ4n) is 8.79. The van der Waals surface area contributed by atoms with Crippen molar-refractivity contribution in [2.45, 2.75) is 66.0 Å². The molecule has 1 amide bonds. The van der Waals surface area contributed by atoms with E-state index in [4.69, 9.17) is 52.1 Å². The maximum absolute atomic E-state index is 14.6. The summed E-state index contributed by atoms with van der Waals surface area (Å²) < 4.78 is 98.0. The molecular weight excluding hydrogens is 1090 g/mol. The highest BCUT2D eigenvalue weighted by Gasteiger charge is 2.44. The number of thiophene rings is 2. The van der Waals surface area contributed by atoms with Gasteiger partial charge in [0.1, 0.15) is 45.9 Å². The van der Waals surface area contributed by atoms with E-state index in [0.29, 0.717) is 79.8 Å². The van der Waals surface area contributed by atoms with Gasteiger partial charge in [-0.05, 0) is 64.8 Å². The molecule has 4 aliphatic rings. The first-order valence-electron chi connectivity index (χ1n) is 22.9. The van der Waals surface area contributed by atoms with E-state index in [-0.39, 0.29) is 66.4 Å². The third-order valence-corrected chi connectivity index (χ3v) is 13.8. The van der Waals surface area contributed by atoms with Crippen LogP contribution in [0.3, 0.4) is 0 Å². The Morgan fingerprint density at radius 1 is 0.676 bits per heavy atom. The summed E-state index contributed by atoms with van der Waals surface area (Å²) in [7, 11) is 0. The van der Waals surface area contributed by atoms with Crippen LogP contribution >= 0.6 is 46.7 Å². The number of amides is 1. The number of nitrogens with zero attached hydrogens (tertiary/aromatic N) is 5. The SMILES string of the molecule is CC(C)OC(=O)Cl.Cc1ccc(-c2csc3c(OC4C5CNCC4COC5)ncnc23)c(F)c1.Cc1ccc(-c2csc3c(OC4C5COCC4CN(C(=O)OC(C)C)C5)ncnc23)c(F)c1.Cl.O=S=O.O=S=O. The summed E-state index contributed by atoms with van der Waals surface area (Å²) in [5, 5.41) is 7.28. The minimum Gasteiger partial charge on any atom is -0.472 e. The van der Waals surface area contributed by atoms with Gasteiger partial charge in [-0.2, -0.15) is 16.8 Å². The molecule has 0 radical (unpaired) electrons. The average molecular weight is 1140 g/mol. The number of benzene rings is 2. The Morgan fingerprint density at radius 2 is 1.08 bits per heavy atom. The second-order valence-corrected chi connectivity index (χ2v) is 20.1. The maximum Gasteiger partial charge on any atom is 0.410 e. The van der Waals surface area contributed by atoms with Gasteiger partial charge in [-0.15, -0.1) is 35.1 Å². The monoisotopic (exact) mass is 1140 g/mol. The predicted octanol–water partition coefficient (Wildman–Crippen LogP) is 8.95. The van der Waals surface area contributed by atoms with Crippen LogP contribution in [0.15, 0.2) is 59.8 Å². The van der Waals surface area contributed by atoms with Gasteiger partial charge in [-0.3, -0.25) is 0 Å². The summed E-state index contributed by atoms with van der Waals surface area (Å²) in [5.74, 6) is 1.22. The Morgan fingerprint density at radius 3 is 1.46 bits per heavy atom. The molecule has 0 saturated carbocycles. The Kier molecular flexibility index (Phi) is 23.1. The van der Waals surface area contributed by atoms with E-state index < -0.39 is 28.6 Å². The lowest BCUT2D eigenvalue weighted by atomic mass is 9.84. The fourth-order valence-corrected chi connectivity index (χ4v) is 10.9. The van der Waals surface area contributed by atoms with Crippen LogP contribution in [0.2, 0.25) is 0 Å². The van der Waals surface area contributed by atoms with Crippen LogP contribution in [0.5, 0.6) is 11.8 Å². The van der Waals surface area contributed by atoms with E-state index in [0.717, 1.165) is 50.3 Å². The molecule has 4 aromatic heterocycles. The van der Waals surface area contributed by atoms with Crippen LogP contribution in [0.25, 0.3) is 42.7 Å². The molecule has 4 unspecified atom stereocenters. The molecule has 2 aromatic carbocycles. The molecule has 26 heteroatoms. The van der Waals surface area contributed by atoms with Crippen LogP contribution in [-0.2, 0) is 42.1 Å². The zero-order valence-corrected chi connectivity index (χ0v) is 45.7. The van der Waals surface area contributed by atoms with E-state index in [1.807, 2.05) is 56.7 Å². The quantitative estimate of drug-likeness (QED) is 0.140. The van der Waals surface area contributed by atoms with Crippen molar-refractivity contribution in [2.75, 3.05) is 52.6 Å². The van der Waals surface area contributed by atoms with Gasteiger partial charge >= 0.3 is 34.7 Å². The van der Waals surface area contributed by atoms with Crippen LogP contribution in [-0.4, -0.2) is 130 Å². The molecule has 8 heterocycles. The van der Waals surface area contributed by atoms with Crippen molar-refractivity contribution < 1.29 is 63.6 Å². The molecular formula is C48H54Cl2F2N6O12S4. The first-order valence-corrected chi connectivity index (χ1v) is 26.4. The molecule has 4 saturated heterocycles. The second-order valence-electron chi connectivity index (χ2n) is 17.8. The standard InChI is InChI=1S/C24H26FN3O4S.C20H20FN3O2S.C4H7ClO2.ClH.2O2S/c1-13(2)31-24(29)28-7-15-9-30-10-16(8-28)21(15)32-23-22-20(26-12-27-23)18(11-33-22)17-5-4-14(3)6-19(17)25;1-11-2-3-14(16(21)4-11)15-9-27-19-17(15)23-10-24-20(19)26-18-12-5-22-6-13(18)8-25-7-12;1-3(2)7-4(5)6;;2*1-3-2/h4-6,11-13,15-16,21H,7-10H2,1-3H3;2-4,9-10,12-13,18,22H,5-8H2,1H3;3H,1-2H3;1H;;. The molecule has 4 bridgehead atoms. The summed E-state index contributed by atoms with van der Waals surface area (Å²) >= 11 is 6.26. The summed E-state index contributed by atoms with van der Waals surface area (Å²) in [5.41, 5.74) is 5.02. The number of nitrogens with one attached hydrogen (secondary N) is 1. The lowest BCUT2D eigenvalue weighted by Gasteiger charge is -2.45. The minimum absolute atomic E-state index is 0. The second kappa shape index (κ2) is 28.6. The van der Waals surface area contributed by atoms with Gasteiger partial charge in [0.25, 0.3) is 0 Å². The number of fused-ring (bicyclic) bond motifs is 6. The molecule has 1 N–H and O–H groups in total. The zero-order valence-electron chi connectivity index (χ0n) is 40.9. The molecule has 0 aliphatic carbocycles. The highest BCUT2D eigenvalue weighted by molar-refractivity contribution is 7.52. The molecule has 4 atom stereocenters. The first-order chi connectivity index (χ1) is 35.1. The number of likely N-dealkylation sites (tertiary alicyclic amines) is 1. The van der Waals surface area contributed by atoms with Crippen molar-refractivity contribution in [1.82, 2.24) is 30.2 Å². The van der Waals surface area contributed by atoms with E-state index in [9.17, 15) is 18.4 Å². The van der Waals surface area contributed by atoms with Gasteiger partial charge in [-0.25, -0.2) is 38.3 Å². The topological polar surface area (TPSA) is 225 Å². The van der Waals surface area contributed by atoms with Crippen LogP contribution in [0, 0.1) is 49.2 Å². The molecule has 6 aromatic rings.